The Morgan fingerprint density at radius 1 is 1.43 bits per heavy atom. The quantitative estimate of drug-likeness (QED) is 0.689. The zero-order chi connectivity index (χ0) is 15.6. The summed E-state index contributed by atoms with van der Waals surface area (Å²) in [6.07, 6.45) is 0.189. The summed E-state index contributed by atoms with van der Waals surface area (Å²) in [4.78, 5) is 22.3. The van der Waals surface area contributed by atoms with Gasteiger partial charge >= 0.3 is 0 Å². The Bertz CT molecular complexity index is 706. The van der Waals surface area contributed by atoms with E-state index in [2.05, 4.69) is 10.4 Å². The fourth-order valence-electron chi connectivity index (χ4n) is 2.14. The largest absolute Gasteiger partial charge is 0.326 e. The topological polar surface area (TPSA) is 90.1 Å². The Hall–Kier alpha value is -2.70. The van der Waals surface area contributed by atoms with Gasteiger partial charge in [-0.1, -0.05) is 6.07 Å². The molecule has 0 aliphatic heterocycles. The maximum atomic E-state index is 12.1. The number of non-ortho nitro benzene ring substituents is 1. The number of nitrogens with zero attached hydrogens (tertiary/aromatic N) is 3. The van der Waals surface area contributed by atoms with Crippen molar-refractivity contribution in [2.75, 3.05) is 5.32 Å². The molecule has 0 radical (unpaired) electrons. The first-order valence-electron chi connectivity index (χ1n) is 6.42. The molecule has 0 saturated heterocycles. The minimum absolute atomic E-state index is 0.0541. The monoisotopic (exact) mass is 288 g/mol. The van der Waals surface area contributed by atoms with Crippen LogP contribution in [0.2, 0.25) is 0 Å². The number of nitrogens with one attached hydrogen (secondary N) is 1. The predicted octanol–water partition coefficient (Wildman–Crippen LogP) is 2.13. The van der Waals surface area contributed by atoms with E-state index in [4.69, 9.17) is 0 Å². The van der Waals surface area contributed by atoms with Gasteiger partial charge in [0.1, 0.15) is 0 Å². The molecule has 0 aliphatic carbocycles. The molecular weight excluding hydrogens is 272 g/mol. The minimum atomic E-state index is -0.495. The number of rotatable bonds is 4. The summed E-state index contributed by atoms with van der Waals surface area (Å²) in [7, 11) is 1.82. The third-order valence-corrected chi connectivity index (χ3v) is 3.34. The van der Waals surface area contributed by atoms with Crippen LogP contribution >= 0.6 is 0 Å². The highest BCUT2D eigenvalue weighted by molar-refractivity contribution is 5.92. The lowest BCUT2D eigenvalue weighted by Gasteiger charge is -2.05. The second-order valence-electron chi connectivity index (χ2n) is 4.81. The molecule has 0 fully saturated rings. The summed E-state index contributed by atoms with van der Waals surface area (Å²) in [5.74, 6) is -0.227. The lowest BCUT2D eigenvalue weighted by atomic mass is 10.1. The molecule has 1 N–H and O–H groups in total. The van der Waals surface area contributed by atoms with E-state index < -0.39 is 4.92 Å². The average Bonchev–Trinajstić information content (AvgIpc) is 2.65. The highest BCUT2D eigenvalue weighted by atomic mass is 16.6. The van der Waals surface area contributed by atoms with Gasteiger partial charge in [0.25, 0.3) is 5.69 Å². The average molecular weight is 288 g/mol. The van der Waals surface area contributed by atoms with Crippen molar-refractivity contribution in [3.05, 3.63) is 51.3 Å². The Morgan fingerprint density at radius 3 is 2.71 bits per heavy atom. The molecule has 1 heterocycles. The smallest absolute Gasteiger partial charge is 0.271 e. The van der Waals surface area contributed by atoms with Gasteiger partial charge in [0, 0.05) is 36.1 Å². The molecule has 1 aromatic heterocycles. The van der Waals surface area contributed by atoms with Crippen LogP contribution in [-0.2, 0) is 18.3 Å². The van der Waals surface area contributed by atoms with Crippen molar-refractivity contribution in [1.29, 1.82) is 0 Å². The highest BCUT2D eigenvalue weighted by Gasteiger charge is 2.14. The van der Waals surface area contributed by atoms with Crippen LogP contribution in [0.1, 0.15) is 17.0 Å². The highest BCUT2D eigenvalue weighted by Crippen LogP contribution is 2.18. The number of benzene rings is 1. The summed E-state index contributed by atoms with van der Waals surface area (Å²) in [6.45, 7) is 3.75. The second kappa shape index (κ2) is 5.74. The lowest BCUT2D eigenvalue weighted by molar-refractivity contribution is -0.384. The van der Waals surface area contributed by atoms with E-state index in [1.807, 2.05) is 20.9 Å². The molecule has 0 aliphatic rings. The van der Waals surface area contributed by atoms with Crippen molar-refractivity contribution in [3.8, 4) is 0 Å². The number of hydrogen-bond acceptors (Lipinski definition) is 4. The van der Waals surface area contributed by atoms with E-state index in [9.17, 15) is 14.9 Å². The van der Waals surface area contributed by atoms with Crippen molar-refractivity contribution in [3.63, 3.8) is 0 Å². The lowest BCUT2D eigenvalue weighted by Crippen LogP contribution is -2.15. The molecule has 1 aromatic carbocycles. The first-order valence-corrected chi connectivity index (χ1v) is 6.42. The molecule has 0 saturated carbocycles. The molecule has 2 aromatic rings. The van der Waals surface area contributed by atoms with Crippen LogP contribution in [0.3, 0.4) is 0 Å². The van der Waals surface area contributed by atoms with Crippen molar-refractivity contribution in [2.24, 2.45) is 7.05 Å². The van der Waals surface area contributed by atoms with Gasteiger partial charge in [-0.3, -0.25) is 19.6 Å². The van der Waals surface area contributed by atoms with Crippen molar-refractivity contribution in [2.45, 2.75) is 20.3 Å². The molecule has 1 amide bonds. The number of nitro benzene ring substituents is 1. The summed E-state index contributed by atoms with van der Waals surface area (Å²) < 4.78 is 1.73. The van der Waals surface area contributed by atoms with Crippen LogP contribution in [0.4, 0.5) is 11.4 Å². The molecular formula is C14H16N4O3. The van der Waals surface area contributed by atoms with Crippen LogP contribution in [0.15, 0.2) is 24.3 Å². The fraction of sp³-hybridized carbons (Fsp3) is 0.286. The molecule has 0 atom stereocenters. The van der Waals surface area contributed by atoms with Crippen molar-refractivity contribution >= 4 is 17.3 Å². The first-order chi connectivity index (χ1) is 9.88. The number of amides is 1. The fourth-order valence-corrected chi connectivity index (χ4v) is 2.14. The van der Waals surface area contributed by atoms with Crippen molar-refractivity contribution in [1.82, 2.24) is 9.78 Å². The number of anilines is 1. The first kappa shape index (κ1) is 14.7. The maximum absolute atomic E-state index is 12.1. The minimum Gasteiger partial charge on any atom is -0.326 e. The van der Waals surface area contributed by atoms with E-state index in [0.29, 0.717) is 5.69 Å². The predicted molar refractivity (Wildman–Crippen MR) is 78.1 cm³/mol. The third-order valence-electron chi connectivity index (χ3n) is 3.34. The van der Waals surface area contributed by atoms with E-state index in [-0.39, 0.29) is 18.0 Å². The normalized spacial score (nSPS) is 10.4. The molecule has 0 spiro atoms. The molecule has 7 nitrogen and oxygen atoms in total. The zero-order valence-electron chi connectivity index (χ0n) is 12.1. The van der Waals surface area contributed by atoms with Crippen LogP contribution in [-0.4, -0.2) is 20.6 Å². The Labute approximate surface area is 121 Å². The van der Waals surface area contributed by atoms with E-state index in [1.54, 1.807) is 10.7 Å². The SMILES string of the molecule is Cc1nn(C)c(C)c1CC(=O)Nc1cccc([N+](=O)[O-])c1. The molecule has 7 heteroatoms. The molecule has 2 rings (SSSR count). The summed E-state index contributed by atoms with van der Waals surface area (Å²) in [5, 5.41) is 17.6. The third kappa shape index (κ3) is 3.25. The summed E-state index contributed by atoms with van der Waals surface area (Å²) >= 11 is 0. The van der Waals surface area contributed by atoms with Gasteiger partial charge in [0.2, 0.25) is 5.91 Å². The summed E-state index contributed by atoms with van der Waals surface area (Å²) in [6, 6.07) is 5.87. The Balaban J connectivity index is 2.12. The van der Waals surface area contributed by atoms with Gasteiger partial charge in [-0.05, 0) is 19.9 Å². The van der Waals surface area contributed by atoms with Crippen LogP contribution in [0.5, 0.6) is 0 Å². The molecule has 21 heavy (non-hydrogen) atoms. The van der Waals surface area contributed by atoms with E-state index in [0.717, 1.165) is 17.0 Å². The Kier molecular flexibility index (Phi) is 4.02. The van der Waals surface area contributed by atoms with Gasteiger partial charge < -0.3 is 5.32 Å². The van der Waals surface area contributed by atoms with Gasteiger partial charge in [-0.25, -0.2) is 0 Å². The van der Waals surface area contributed by atoms with E-state index >= 15 is 0 Å². The maximum Gasteiger partial charge on any atom is 0.271 e. The number of carbonyl (C=O) groups is 1. The van der Waals surface area contributed by atoms with Gasteiger partial charge in [0.05, 0.1) is 17.0 Å². The van der Waals surface area contributed by atoms with E-state index in [1.165, 1.54) is 18.2 Å². The standard InChI is InChI=1S/C14H16N4O3/c1-9-13(10(2)17(3)16-9)8-14(19)15-11-5-4-6-12(7-11)18(20)21/h4-7H,8H2,1-3H3,(H,15,19). The van der Waals surface area contributed by atoms with Crippen LogP contribution in [0.25, 0.3) is 0 Å². The molecule has 0 bridgehead atoms. The van der Waals surface area contributed by atoms with Gasteiger partial charge in [-0.2, -0.15) is 5.10 Å². The molecule has 110 valence electrons. The molecule has 0 unspecified atom stereocenters. The van der Waals surface area contributed by atoms with Crippen LogP contribution in [0, 0.1) is 24.0 Å². The van der Waals surface area contributed by atoms with Crippen LogP contribution < -0.4 is 5.32 Å². The summed E-state index contributed by atoms with van der Waals surface area (Å²) in [5.41, 5.74) is 2.97. The second-order valence-corrected chi connectivity index (χ2v) is 4.81. The zero-order valence-corrected chi connectivity index (χ0v) is 12.1. The number of carbonyl (C=O) groups excluding carboxylic acids is 1. The van der Waals surface area contributed by atoms with Gasteiger partial charge in [0.15, 0.2) is 0 Å². The number of nitro groups is 1. The number of aromatic nitrogens is 2. The Morgan fingerprint density at radius 2 is 2.14 bits per heavy atom. The van der Waals surface area contributed by atoms with Crippen molar-refractivity contribution < 1.29 is 9.72 Å². The number of aryl methyl sites for hydroxylation is 2. The number of hydrogen-bond donors (Lipinski definition) is 1. The van der Waals surface area contributed by atoms with Gasteiger partial charge in [-0.15, -0.1) is 0 Å².